The minimum absolute atomic E-state index is 0.0527. The monoisotopic (exact) mass is 282 g/mol. The van der Waals surface area contributed by atoms with Crippen molar-refractivity contribution >= 4 is 23.3 Å². The molecule has 104 valence electrons. The Morgan fingerprint density at radius 1 is 1.42 bits per heavy atom. The molecule has 1 aliphatic rings. The Balaban J connectivity index is 1.80. The summed E-state index contributed by atoms with van der Waals surface area (Å²) < 4.78 is 0. The van der Waals surface area contributed by atoms with Crippen LogP contribution in [0.25, 0.3) is 0 Å². The number of hydrogen-bond acceptors (Lipinski definition) is 4. The molecule has 0 radical (unpaired) electrons. The molecule has 0 spiro atoms. The lowest BCUT2D eigenvalue weighted by Crippen LogP contribution is -2.26. The number of nitrogens with one attached hydrogen (secondary N) is 2. The van der Waals surface area contributed by atoms with Crippen LogP contribution in [0.4, 0.5) is 5.82 Å². The number of carbonyl (C=O) groups is 1. The van der Waals surface area contributed by atoms with E-state index in [1.807, 2.05) is 6.92 Å². The van der Waals surface area contributed by atoms with Crippen molar-refractivity contribution in [1.29, 1.82) is 0 Å². The maximum Gasteiger partial charge on any atom is 0.221 e. The normalized spacial score (nSPS) is 14.2. The fourth-order valence-corrected chi connectivity index (χ4v) is 1.90. The van der Waals surface area contributed by atoms with Gasteiger partial charge in [0.1, 0.15) is 16.8 Å². The molecule has 1 aromatic heterocycles. The van der Waals surface area contributed by atoms with Crippen LogP contribution in [0.1, 0.15) is 44.3 Å². The van der Waals surface area contributed by atoms with Crippen LogP contribution in [0.3, 0.4) is 0 Å². The van der Waals surface area contributed by atoms with Gasteiger partial charge >= 0.3 is 0 Å². The highest BCUT2D eigenvalue weighted by molar-refractivity contribution is 6.29. The average molecular weight is 283 g/mol. The van der Waals surface area contributed by atoms with Crippen molar-refractivity contribution in [2.75, 3.05) is 18.4 Å². The van der Waals surface area contributed by atoms with E-state index in [2.05, 4.69) is 20.6 Å². The number of nitrogens with zero attached hydrogens (tertiary/aromatic N) is 2. The van der Waals surface area contributed by atoms with Crippen molar-refractivity contribution in [3.8, 4) is 0 Å². The van der Waals surface area contributed by atoms with Crippen LogP contribution in [0.15, 0.2) is 6.07 Å². The van der Waals surface area contributed by atoms with Crippen LogP contribution in [0, 0.1) is 0 Å². The molecule has 1 saturated carbocycles. The Kier molecular flexibility index (Phi) is 4.96. The number of anilines is 1. The molecular formula is C13H19ClN4O. The first kappa shape index (κ1) is 14.1. The molecule has 0 bridgehead atoms. The highest BCUT2D eigenvalue weighted by Crippen LogP contribution is 2.38. The molecule has 2 rings (SSSR count). The number of carbonyl (C=O) groups excluding carboxylic acids is 1. The molecule has 1 fully saturated rings. The number of aromatic nitrogens is 2. The smallest absolute Gasteiger partial charge is 0.221 e. The molecule has 2 N–H and O–H groups in total. The van der Waals surface area contributed by atoms with E-state index in [4.69, 9.17) is 11.6 Å². The Morgan fingerprint density at radius 3 is 2.89 bits per heavy atom. The SMILES string of the molecule is CCCNC(=O)CCNc1cc(Cl)nc(C2CC2)n1. The Labute approximate surface area is 118 Å². The van der Waals surface area contributed by atoms with Gasteiger partial charge < -0.3 is 10.6 Å². The van der Waals surface area contributed by atoms with E-state index < -0.39 is 0 Å². The first-order valence-electron chi connectivity index (χ1n) is 6.74. The van der Waals surface area contributed by atoms with Crippen molar-refractivity contribution in [3.05, 3.63) is 17.0 Å². The number of rotatable bonds is 7. The predicted molar refractivity (Wildman–Crippen MR) is 75.4 cm³/mol. The fourth-order valence-electron chi connectivity index (χ4n) is 1.71. The van der Waals surface area contributed by atoms with Crippen molar-refractivity contribution in [1.82, 2.24) is 15.3 Å². The molecular weight excluding hydrogens is 264 g/mol. The van der Waals surface area contributed by atoms with Gasteiger partial charge in [-0.05, 0) is 19.3 Å². The quantitative estimate of drug-likeness (QED) is 0.753. The summed E-state index contributed by atoms with van der Waals surface area (Å²) in [5, 5.41) is 6.40. The molecule has 0 aliphatic heterocycles. The molecule has 1 aromatic rings. The van der Waals surface area contributed by atoms with Gasteiger partial charge in [0.2, 0.25) is 5.91 Å². The Morgan fingerprint density at radius 2 is 2.21 bits per heavy atom. The molecule has 0 aromatic carbocycles. The zero-order valence-electron chi connectivity index (χ0n) is 11.1. The van der Waals surface area contributed by atoms with Gasteiger partial charge in [-0.15, -0.1) is 0 Å². The van der Waals surface area contributed by atoms with Gasteiger partial charge in [-0.3, -0.25) is 4.79 Å². The van der Waals surface area contributed by atoms with E-state index in [0.717, 1.165) is 31.6 Å². The highest BCUT2D eigenvalue weighted by atomic mass is 35.5. The molecule has 1 heterocycles. The third kappa shape index (κ3) is 4.67. The lowest BCUT2D eigenvalue weighted by molar-refractivity contribution is -0.120. The maximum atomic E-state index is 11.4. The minimum atomic E-state index is 0.0527. The topological polar surface area (TPSA) is 66.9 Å². The molecule has 0 saturated heterocycles. The molecule has 1 amide bonds. The molecule has 1 aliphatic carbocycles. The highest BCUT2D eigenvalue weighted by Gasteiger charge is 2.27. The summed E-state index contributed by atoms with van der Waals surface area (Å²) >= 11 is 5.96. The second-order valence-corrected chi connectivity index (χ2v) is 5.12. The van der Waals surface area contributed by atoms with Crippen LogP contribution in [-0.4, -0.2) is 29.0 Å². The van der Waals surface area contributed by atoms with E-state index in [0.29, 0.717) is 29.9 Å². The van der Waals surface area contributed by atoms with E-state index in [1.54, 1.807) is 6.07 Å². The van der Waals surface area contributed by atoms with E-state index in [1.165, 1.54) is 0 Å². The standard InChI is InChI=1S/C13H19ClN4O/c1-2-6-16-12(19)5-7-15-11-8-10(14)17-13(18-11)9-3-4-9/h8-9H,2-7H2,1H3,(H,16,19)(H,15,17,18). The Hall–Kier alpha value is -1.36. The summed E-state index contributed by atoms with van der Waals surface area (Å²) in [5.74, 6) is 2.03. The van der Waals surface area contributed by atoms with Crippen LogP contribution in [0.5, 0.6) is 0 Å². The molecule has 6 heteroatoms. The lowest BCUT2D eigenvalue weighted by atomic mass is 10.3. The van der Waals surface area contributed by atoms with Crippen molar-refractivity contribution in [2.45, 2.75) is 38.5 Å². The minimum Gasteiger partial charge on any atom is -0.369 e. The summed E-state index contributed by atoms with van der Waals surface area (Å²) in [7, 11) is 0. The van der Waals surface area contributed by atoms with Gasteiger partial charge in [-0.2, -0.15) is 0 Å². The van der Waals surface area contributed by atoms with Crippen molar-refractivity contribution < 1.29 is 4.79 Å². The zero-order valence-corrected chi connectivity index (χ0v) is 11.8. The van der Waals surface area contributed by atoms with E-state index in [-0.39, 0.29) is 5.91 Å². The molecule has 19 heavy (non-hydrogen) atoms. The first-order valence-corrected chi connectivity index (χ1v) is 7.12. The summed E-state index contributed by atoms with van der Waals surface area (Å²) in [6.45, 7) is 3.30. The van der Waals surface area contributed by atoms with Gasteiger partial charge in [0.05, 0.1) is 0 Å². The van der Waals surface area contributed by atoms with Crippen LogP contribution in [-0.2, 0) is 4.79 Å². The first-order chi connectivity index (χ1) is 9.19. The lowest BCUT2D eigenvalue weighted by Gasteiger charge is -2.08. The molecule has 5 nitrogen and oxygen atoms in total. The number of hydrogen-bond donors (Lipinski definition) is 2. The van der Waals surface area contributed by atoms with E-state index in [9.17, 15) is 4.79 Å². The van der Waals surface area contributed by atoms with Gasteiger partial charge in [0.15, 0.2) is 0 Å². The fraction of sp³-hybridized carbons (Fsp3) is 0.615. The van der Waals surface area contributed by atoms with E-state index >= 15 is 0 Å². The third-order valence-corrected chi connectivity index (χ3v) is 3.08. The van der Waals surface area contributed by atoms with Gasteiger partial charge in [-0.1, -0.05) is 18.5 Å². The van der Waals surface area contributed by atoms with Crippen molar-refractivity contribution in [3.63, 3.8) is 0 Å². The predicted octanol–water partition coefficient (Wildman–Crippen LogP) is 2.34. The van der Waals surface area contributed by atoms with Crippen LogP contribution >= 0.6 is 11.6 Å². The molecule has 0 atom stereocenters. The number of halogens is 1. The van der Waals surface area contributed by atoms with Crippen LogP contribution in [0.2, 0.25) is 5.15 Å². The Bertz CT molecular complexity index is 448. The maximum absolute atomic E-state index is 11.4. The zero-order chi connectivity index (χ0) is 13.7. The van der Waals surface area contributed by atoms with Crippen LogP contribution < -0.4 is 10.6 Å². The summed E-state index contributed by atoms with van der Waals surface area (Å²) in [4.78, 5) is 20.1. The third-order valence-electron chi connectivity index (χ3n) is 2.89. The summed E-state index contributed by atoms with van der Waals surface area (Å²) in [6, 6.07) is 1.69. The number of amides is 1. The van der Waals surface area contributed by atoms with Gasteiger partial charge in [-0.25, -0.2) is 9.97 Å². The van der Waals surface area contributed by atoms with Gasteiger partial charge in [0, 0.05) is 31.5 Å². The van der Waals surface area contributed by atoms with Crippen molar-refractivity contribution in [2.24, 2.45) is 0 Å². The molecule has 0 unspecified atom stereocenters. The largest absolute Gasteiger partial charge is 0.369 e. The summed E-state index contributed by atoms with van der Waals surface area (Å²) in [5.41, 5.74) is 0. The summed E-state index contributed by atoms with van der Waals surface area (Å²) in [6.07, 6.45) is 3.66. The average Bonchev–Trinajstić information content (AvgIpc) is 3.20. The van der Waals surface area contributed by atoms with Gasteiger partial charge in [0.25, 0.3) is 0 Å². The second-order valence-electron chi connectivity index (χ2n) is 4.74. The second kappa shape index (κ2) is 6.70.